The van der Waals surface area contributed by atoms with E-state index in [0.717, 1.165) is 13.1 Å². The van der Waals surface area contributed by atoms with E-state index in [4.69, 9.17) is 0 Å². The summed E-state index contributed by atoms with van der Waals surface area (Å²) >= 11 is 0. The highest BCUT2D eigenvalue weighted by atomic mass is 15.1. The fourth-order valence-electron chi connectivity index (χ4n) is 1.57. The van der Waals surface area contributed by atoms with E-state index in [-0.39, 0.29) is 0 Å². The van der Waals surface area contributed by atoms with E-state index in [0.29, 0.717) is 0 Å². The number of hydrogen-bond acceptors (Lipinski definition) is 2. The van der Waals surface area contributed by atoms with Gasteiger partial charge in [-0.25, -0.2) is 0 Å². The Kier molecular flexibility index (Phi) is 5.86. The molecule has 0 aromatic heterocycles. The molecule has 0 aromatic carbocycles. The molecule has 0 spiro atoms. The number of azo groups is 1. The Morgan fingerprint density at radius 1 is 0.417 bits per heavy atom. The normalized spacial score (nSPS) is 22.7. The largest absolute Gasteiger partial charge is 0.194 e. The van der Waals surface area contributed by atoms with Crippen LogP contribution in [0.4, 0.5) is 0 Å². The van der Waals surface area contributed by atoms with Gasteiger partial charge in [0.15, 0.2) is 0 Å². The van der Waals surface area contributed by atoms with E-state index < -0.39 is 0 Å². The van der Waals surface area contributed by atoms with Gasteiger partial charge < -0.3 is 0 Å². The third-order valence-corrected chi connectivity index (χ3v) is 2.37. The molecule has 0 aliphatic carbocycles. The molecule has 70 valence electrons. The highest BCUT2D eigenvalue weighted by molar-refractivity contribution is 4.51. The summed E-state index contributed by atoms with van der Waals surface area (Å²) in [5.74, 6) is 0. The predicted molar refractivity (Wildman–Crippen MR) is 51.5 cm³/mol. The molecule has 0 saturated heterocycles. The van der Waals surface area contributed by atoms with Crippen LogP contribution in [0.5, 0.6) is 0 Å². The second-order valence-electron chi connectivity index (χ2n) is 3.56. The lowest BCUT2D eigenvalue weighted by Crippen LogP contribution is -1.87. The van der Waals surface area contributed by atoms with Crippen molar-refractivity contribution in [3.05, 3.63) is 0 Å². The molecule has 2 heteroatoms. The molecule has 0 N–H and O–H groups in total. The third kappa shape index (κ3) is 5.28. The van der Waals surface area contributed by atoms with Gasteiger partial charge in [-0.3, -0.25) is 0 Å². The van der Waals surface area contributed by atoms with E-state index >= 15 is 0 Å². The van der Waals surface area contributed by atoms with Gasteiger partial charge in [0.05, 0.1) is 13.1 Å². The Bertz CT molecular complexity index is 107. The van der Waals surface area contributed by atoms with Crippen LogP contribution in [-0.2, 0) is 0 Å². The predicted octanol–water partition coefficient (Wildman–Crippen LogP) is 3.57. The van der Waals surface area contributed by atoms with Crippen molar-refractivity contribution in [1.82, 2.24) is 0 Å². The molecular formula is C10H20N2. The molecular weight excluding hydrogens is 148 g/mol. The van der Waals surface area contributed by atoms with Crippen LogP contribution in [0.15, 0.2) is 10.2 Å². The van der Waals surface area contributed by atoms with Crippen molar-refractivity contribution in [2.75, 3.05) is 13.1 Å². The standard InChI is InChI=1S/C10H20N2/c1-2-4-6-8-10-12-11-9-7-5-3-1/h1-10H2. The van der Waals surface area contributed by atoms with Gasteiger partial charge in [0, 0.05) is 0 Å². The molecule has 2 nitrogen and oxygen atoms in total. The fraction of sp³-hybridized carbons (Fsp3) is 1.00. The zero-order valence-electron chi connectivity index (χ0n) is 7.97. The van der Waals surface area contributed by atoms with Gasteiger partial charge in [0.25, 0.3) is 0 Å². The van der Waals surface area contributed by atoms with E-state index in [9.17, 15) is 0 Å². The van der Waals surface area contributed by atoms with Crippen LogP contribution in [-0.4, -0.2) is 13.1 Å². The monoisotopic (exact) mass is 168 g/mol. The number of nitrogens with zero attached hydrogens (tertiary/aromatic N) is 2. The van der Waals surface area contributed by atoms with Gasteiger partial charge in [-0.15, -0.1) is 0 Å². The van der Waals surface area contributed by atoms with Crippen LogP contribution < -0.4 is 0 Å². The van der Waals surface area contributed by atoms with Crippen molar-refractivity contribution >= 4 is 0 Å². The van der Waals surface area contributed by atoms with Crippen molar-refractivity contribution in [1.29, 1.82) is 0 Å². The molecule has 0 radical (unpaired) electrons. The molecule has 1 rings (SSSR count). The molecule has 1 aliphatic rings. The summed E-state index contributed by atoms with van der Waals surface area (Å²) in [6.07, 6.45) is 10.8. The minimum absolute atomic E-state index is 0.958. The van der Waals surface area contributed by atoms with Crippen LogP contribution in [0.1, 0.15) is 51.4 Å². The van der Waals surface area contributed by atoms with Gasteiger partial charge in [0.1, 0.15) is 0 Å². The van der Waals surface area contributed by atoms with E-state index in [1.165, 1.54) is 51.4 Å². The van der Waals surface area contributed by atoms with Crippen molar-refractivity contribution in [3.8, 4) is 0 Å². The summed E-state index contributed by atoms with van der Waals surface area (Å²) in [6, 6.07) is 0. The molecule has 0 bridgehead atoms. The van der Waals surface area contributed by atoms with Gasteiger partial charge >= 0.3 is 0 Å². The Morgan fingerprint density at radius 3 is 1.17 bits per heavy atom. The lowest BCUT2D eigenvalue weighted by molar-refractivity contribution is 0.555. The van der Waals surface area contributed by atoms with Crippen molar-refractivity contribution in [3.63, 3.8) is 0 Å². The van der Waals surface area contributed by atoms with E-state index in [1.807, 2.05) is 0 Å². The second-order valence-corrected chi connectivity index (χ2v) is 3.56. The zero-order chi connectivity index (χ0) is 8.49. The van der Waals surface area contributed by atoms with Crippen molar-refractivity contribution < 1.29 is 0 Å². The highest BCUT2D eigenvalue weighted by Gasteiger charge is 1.93. The Labute approximate surface area is 75.5 Å². The second kappa shape index (κ2) is 7.26. The summed E-state index contributed by atoms with van der Waals surface area (Å²) in [6.45, 7) is 1.92. The van der Waals surface area contributed by atoms with Gasteiger partial charge in [-0.1, -0.05) is 38.5 Å². The zero-order valence-corrected chi connectivity index (χ0v) is 7.97. The maximum absolute atomic E-state index is 4.13. The summed E-state index contributed by atoms with van der Waals surface area (Å²) in [7, 11) is 0. The maximum atomic E-state index is 4.13. The lowest BCUT2D eigenvalue weighted by atomic mass is 10.1. The first kappa shape index (κ1) is 9.69. The SMILES string of the molecule is C1CCCCCN=NCCCC1. The Hall–Kier alpha value is -0.400. The smallest absolute Gasteiger partial charge is 0.0598 e. The topological polar surface area (TPSA) is 24.7 Å². The van der Waals surface area contributed by atoms with Crippen LogP contribution in [0, 0.1) is 0 Å². The van der Waals surface area contributed by atoms with Crippen LogP contribution in [0.2, 0.25) is 0 Å². The van der Waals surface area contributed by atoms with Crippen molar-refractivity contribution in [2.45, 2.75) is 51.4 Å². The highest BCUT2D eigenvalue weighted by Crippen LogP contribution is 2.09. The summed E-state index contributed by atoms with van der Waals surface area (Å²) in [4.78, 5) is 0. The van der Waals surface area contributed by atoms with Crippen molar-refractivity contribution in [2.24, 2.45) is 10.2 Å². The first-order valence-electron chi connectivity index (χ1n) is 5.33. The van der Waals surface area contributed by atoms with E-state index in [1.54, 1.807) is 0 Å². The molecule has 0 fully saturated rings. The minimum Gasteiger partial charge on any atom is -0.194 e. The maximum Gasteiger partial charge on any atom is 0.0598 e. The van der Waals surface area contributed by atoms with Crippen LogP contribution in [0.25, 0.3) is 0 Å². The Balaban J connectivity index is 2.10. The average molecular weight is 168 g/mol. The molecule has 0 saturated carbocycles. The molecule has 0 unspecified atom stereocenters. The first-order chi connectivity index (χ1) is 6.00. The molecule has 0 aromatic rings. The van der Waals surface area contributed by atoms with Gasteiger partial charge in [-0.05, 0) is 12.8 Å². The third-order valence-electron chi connectivity index (χ3n) is 2.37. The van der Waals surface area contributed by atoms with Crippen LogP contribution >= 0.6 is 0 Å². The number of rotatable bonds is 0. The first-order valence-corrected chi connectivity index (χ1v) is 5.33. The molecule has 0 atom stereocenters. The fourth-order valence-corrected chi connectivity index (χ4v) is 1.57. The minimum atomic E-state index is 0.958. The average Bonchev–Trinajstić information content (AvgIpc) is 2.05. The molecule has 1 aliphatic heterocycles. The quantitative estimate of drug-likeness (QED) is 0.528. The Morgan fingerprint density at radius 2 is 0.750 bits per heavy atom. The molecule has 1 heterocycles. The summed E-state index contributed by atoms with van der Waals surface area (Å²) in [5, 5.41) is 8.26. The molecule has 0 amide bonds. The lowest BCUT2D eigenvalue weighted by Gasteiger charge is -2.01. The molecule has 12 heavy (non-hydrogen) atoms. The summed E-state index contributed by atoms with van der Waals surface area (Å²) in [5.41, 5.74) is 0. The van der Waals surface area contributed by atoms with Gasteiger partial charge in [0.2, 0.25) is 0 Å². The number of hydrogen-bond donors (Lipinski definition) is 0. The van der Waals surface area contributed by atoms with Crippen LogP contribution in [0.3, 0.4) is 0 Å². The summed E-state index contributed by atoms with van der Waals surface area (Å²) < 4.78 is 0. The van der Waals surface area contributed by atoms with Gasteiger partial charge in [-0.2, -0.15) is 10.2 Å². The van der Waals surface area contributed by atoms with E-state index in [2.05, 4.69) is 10.2 Å².